The number of nitrogens with zero attached hydrogens (tertiary/aromatic N) is 2. The predicted octanol–water partition coefficient (Wildman–Crippen LogP) is 4.87. The van der Waals surface area contributed by atoms with Crippen LogP contribution in [0.5, 0.6) is 0 Å². The molecule has 31 heavy (non-hydrogen) atoms. The minimum atomic E-state index is -4.38. The van der Waals surface area contributed by atoms with E-state index in [0.717, 1.165) is 48.9 Å². The van der Waals surface area contributed by atoms with E-state index in [2.05, 4.69) is 9.80 Å². The van der Waals surface area contributed by atoms with Gasteiger partial charge in [0, 0.05) is 44.7 Å². The molecule has 9 heteroatoms. The molecule has 3 nitrogen and oxygen atoms in total. The zero-order valence-corrected chi connectivity index (χ0v) is 18.4. The van der Waals surface area contributed by atoms with E-state index in [-0.39, 0.29) is 49.2 Å². The summed E-state index contributed by atoms with van der Waals surface area (Å²) in [7, 11) is 0. The summed E-state index contributed by atoms with van der Waals surface area (Å²) in [6, 6.07) is 10.2. The molecule has 0 saturated carbocycles. The van der Waals surface area contributed by atoms with Gasteiger partial charge in [0.25, 0.3) is 0 Å². The van der Waals surface area contributed by atoms with E-state index >= 15 is 0 Å². The molecule has 1 aliphatic heterocycles. The van der Waals surface area contributed by atoms with Crippen molar-refractivity contribution in [3.05, 3.63) is 70.5 Å². The number of alkyl halides is 3. The molecule has 0 aromatic heterocycles. The van der Waals surface area contributed by atoms with Gasteiger partial charge in [-0.25, -0.2) is 4.39 Å². The highest BCUT2D eigenvalue weighted by Crippen LogP contribution is 2.48. The molecule has 1 N–H and O–H groups in total. The number of β-amino-alcohol motifs (C(OH)–C–C–N with tert-alkyl or cyclic N) is 1. The van der Waals surface area contributed by atoms with E-state index in [1.54, 1.807) is 18.2 Å². The number of halogens is 6. The maximum atomic E-state index is 13.4. The minimum absolute atomic E-state index is 0. The Morgan fingerprint density at radius 1 is 0.903 bits per heavy atom. The quantitative estimate of drug-likeness (QED) is 0.632. The van der Waals surface area contributed by atoms with E-state index in [1.165, 1.54) is 18.2 Å². The van der Waals surface area contributed by atoms with Crippen LogP contribution in [0.1, 0.15) is 40.6 Å². The second-order valence-electron chi connectivity index (χ2n) is 7.80. The standard InChI is InChI=1S/C22H24F4N2O.2ClH/c23-17-4-1-15(2-5-17)19-14-21(28-9-7-27(8-10-28)11-12-29)20-13-16(22(24,25)26)3-6-18(19)20;;/h1-6,13,19,21,29H,7-12,14H2;2*1H/t19-,21+;;/m0../s1. The largest absolute Gasteiger partial charge is 0.416 e. The van der Waals surface area contributed by atoms with Crippen LogP contribution in [0.15, 0.2) is 42.5 Å². The lowest BCUT2D eigenvalue weighted by molar-refractivity contribution is -0.137. The lowest BCUT2D eigenvalue weighted by atomic mass is 9.92. The van der Waals surface area contributed by atoms with E-state index in [1.807, 2.05) is 0 Å². The van der Waals surface area contributed by atoms with Gasteiger partial charge in [0.2, 0.25) is 0 Å². The molecular weight excluding hydrogens is 455 g/mol. The monoisotopic (exact) mass is 480 g/mol. The van der Waals surface area contributed by atoms with E-state index < -0.39 is 11.7 Å². The third-order valence-electron chi connectivity index (χ3n) is 6.14. The van der Waals surface area contributed by atoms with Gasteiger partial charge in [-0.05, 0) is 47.4 Å². The maximum absolute atomic E-state index is 13.4. The molecule has 2 aliphatic rings. The molecule has 0 bridgehead atoms. The van der Waals surface area contributed by atoms with E-state index in [4.69, 9.17) is 5.11 Å². The van der Waals surface area contributed by atoms with Crippen LogP contribution >= 0.6 is 24.8 Å². The van der Waals surface area contributed by atoms with Crippen LogP contribution in [-0.2, 0) is 6.18 Å². The Labute approximate surface area is 191 Å². The van der Waals surface area contributed by atoms with Crippen molar-refractivity contribution in [3.63, 3.8) is 0 Å². The number of hydrogen-bond donors (Lipinski definition) is 1. The van der Waals surface area contributed by atoms with Crippen LogP contribution in [0.2, 0.25) is 0 Å². The van der Waals surface area contributed by atoms with Gasteiger partial charge in [0.15, 0.2) is 0 Å². The lowest BCUT2D eigenvalue weighted by Gasteiger charge is -2.38. The summed E-state index contributed by atoms with van der Waals surface area (Å²) in [6.45, 7) is 3.78. The number of benzene rings is 2. The minimum Gasteiger partial charge on any atom is -0.395 e. The van der Waals surface area contributed by atoms with Crippen LogP contribution < -0.4 is 0 Å². The third-order valence-corrected chi connectivity index (χ3v) is 6.14. The van der Waals surface area contributed by atoms with Crippen LogP contribution in [0, 0.1) is 5.82 Å². The van der Waals surface area contributed by atoms with Crippen molar-refractivity contribution in [2.24, 2.45) is 0 Å². The Bertz CT molecular complexity index is 856. The number of hydrogen-bond acceptors (Lipinski definition) is 3. The van der Waals surface area contributed by atoms with Crippen LogP contribution in [0.25, 0.3) is 0 Å². The molecule has 0 spiro atoms. The van der Waals surface area contributed by atoms with Crippen molar-refractivity contribution >= 4 is 24.8 Å². The molecule has 0 unspecified atom stereocenters. The Morgan fingerprint density at radius 3 is 2.13 bits per heavy atom. The van der Waals surface area contributed by atoms with Gasteiger partial charge in [0.05, 0.1) is 12.2 Å². The van der Waals surface area contributed by atoms with Gasteiger partial charge in [-0.1, -0.05) is 18.2 Å². The average molecular weight is 481 g/mol. The molecular formula is C22H26Cl2F4N2O. The van der Waals surface area contributed by atoms with Crippen molar-refractivity contribution in [1.82, 2.24) is 9.80 Å². The first-order valence-corrected chi connectivity index (χ1v) is 9.90. The van der Waals surface area contributed by atoms with Crippen LogP contribution in [0.3, 0.4) is 0 Å². The molecule has 1 saturated heterocycles. The highest BCUT2D eigenvalue weighted by molar-refractivity contribution is 5.85. The predicted molar refractivity (Wildman–Crippen MR) is 117 cm³/mol. The Balaban J connectivity index is 0.00000171. The molecule has 0 radical (unpaired) electrons. The highest BCUT2D eigenvalue weighted by atomic mass is 35.5. The summed E-state index contributed by atoms with van der Waals surface area (Å²) < 4.78 is 53.4. The normalized spacial score (nSPS) is 21.8. The fourth-order valence-electron chi connectivity index (χ4n) is 4.63. The second-order valence-corrected chi connectivity index (χ2v) is 7.80. The van der Waals surface area contributed by atoms with Crippen molar-refractivity contribution in [2.45, 2.75) is 24.6 Å². The molecule has 172 valence electrons. The number of aliphatic hydroxyl groups excluding tert-OH is 1. The van der Waals surface area contributed by atoms with Gasteiger partial charge in [-0.3, -0.25) is 9.80 Å². The lowest BCUT2D eigenvalue weighted by Crippen LogP contribution is -2.48. The molecule has 1 aliphatic carbocycles. The number of aliphatic hydroxyl groups is 1. The second kappa shape index (κ2) is 10.5. The molecule has 4 rings (SSSR count). The summed E-state index contributed by atoms with van der Waals surface area (Å²) in [5.74, 6) is -0.371. The number of piperazine rings is 1. The van der Waals surface area contributed by atoms with Crippen molar-refractivity contribution in [1.29, 1.82) is 0 Å². The van der Waals surface area contributed by atoms with Crippen molar-refractivity contribution < 1.29 is 22.7 Å². The number of rotatable bonds is 4. The molecule has 1 fully saturated rings. The fraction of sp³-hybridized carbons (Fsp3) is 0.455. The van der Waals surface area contributed by atoms with Gasteiger partial charge >= 0.3 is 6.18 Å². The van der Waals surface area contributed by atoms with Gasteiger partial charge in [0.1, 0.15) is 5.82 Å². The van der Waals surface area contributed by atoms with Gasteiger partial charge in [-0.2, -0.15) is 13.2 Å². The van der Waals surface area contributed by atoms with Crippen LogP contribution in [0.4, 0.5) is 17.6 Å². The third kappa shape index (κ3) is 5.52. The molecule has 0 amide bonds. The topological polar surface area (TPSA) is 26.7 Å². The van der Waals surface area contributed by atoms with Gasteiger partial charge < -0.3 is 5.11 Å². The number of fused-ring (bicyclic) bond motifs is 1. The summed E-state index contributed by atoms with van der Waals surface area (Å²) in [5, 5.41) is 9.12. The highest BCUT2D eigenvalue weighted by Gasteiger charge is 2.39. The zero-order valence-electron chi connectivity index (χ0n) is 16.8. The molecule has 2 aromatic carbocycles. The average Bonchev–Trinajstić information content (AvgIpc) is 3.08. The van der Waals surface area contributed by atoms with Gasteiger partial charge in [-0.15, -0.1) is 24.8 Å². The summed E-state index contributed by atoms with van der Waals surface area (Å²) >= 11 is 0. The van der Waals surface area contributed by atoms with Crippen molar-refractivity contribution in [2.75, 3.05) is 39.3 Å². The molecule has 1 heterocycles. The van der Waals surface area contributed by atoms with Crippen molar-refractivity contribution in [3.8, 4) is 0 Å². The van der Waals surface area contributed by atoms with E-state index in [9.17, 15) is 17.6 Å². The van der Waals surface area contributed by atoms with E-state index in [0.29, 0.717) is 13.0 Å². The fourth-order valence-corrected chi connectivity index (χ4v) is 4.63. The van der Waals surface area contributed by atoms with Crippen LogP contribution in [-0.4, -0.2) is 54.2 Å². The molecule has 2 aromatic rings. The first-order chi connectivity index (χ1) is 13.9. The molecule has 2 atom stereocenters. The first-order valence-electron chi connectivity index (χ1n) is 9.90. The SMILES string of the molecule is Cl.Cl.OCCN1CCN([C@@H]2C[C@@H](c3ccc(F)cc3)c3ccc(C(F)(F)F)cc32)CC1. The Hall–Kier alpha value is -1.38. The smallest absolute Gasteiger partial charge is 0.395 e. The zero-order chi connectivity index (χ0) is 20.6. The summed E-state index contributed by atoms with van der Waals surface area (Å²) in [5.41, 5.74) is 1.92. The maximum Gasteiger partial charge on any atom is 0.416 e. The Kier molecular flexibility index (Phi) is 8.76. The summed E-state index contributed by atoms with van der Waals surface area (Å²) in [6.07, 6.45) is -3.70. The summed E-state index contributed by atoms with van der Waals surface area (Å²) in [4.78, 5) is 4.41. The Morgan fingerprint density at radius 2 is 1.55 bits per heavy atom. The first kappa shape index (κ1) is 25.9.